The molecule has 1 saturated heterocycles. The lowest BCUT2D eigenvalue weighted by molar-refractivity contribution is 0.192. The summed E-state index contributed by atoms with van der Waals surface area (Å²) in [5, 5.41) is 12.2. The number of imidazole rings is 1. The van der Waals surface area contributed by atoms with Crippen molar-refractivity contribution in [3.63, 3.8) is 0 Å². The monoisotopic (exact) mass is 464 g/mol. The van der Waals surface area contributed by atoms with E-state index in [0.717, 1.165) is 5.69 Å². The third-order valence-corrected chi connectivity index (χ3v) is 6.66. The molecule has 2 aromatic carbocycles. The van der Waals surface area contributed by atoms with Crippen molar-refractivity contribution in [2.45, 2.75) is 6.04 Å². The topological polar surface area (TPSA) is 96.2 Å². The molecule has 8 nitrogen and oxygen atoms in total. The van der Waals surface area contributed by atoms with E-state index in [1.807, 2.05) is 12.1 Å². The SMILES string of the molecule is O=C(O)N[C@H]1[C@@H]2CN(c3ncnc4c3nc(-c3ccccc3F)n4-c3ccc(Cl)cc3)C[C@@H]21. The van der Waals surface area contributed by atoms with Gasteiger partial charge in [-0.15, -0.1) is 0 Å². The molecule has 6 rings (SSSR count). The lowest BCUT2D eigenvalue weighted by Crippen LogP contribution is -2.34. The molecule has 4 aromatic rings. The van der Waals surface area contributed by atoms with Crippen molar-refractivity contribution in [2.75, 3.05) is 18.0 Å². The molecule has 1 saturated carbocycles. The number of anilines is 1. The lowest BCUT2D eigenvalue weighted by Gasteiger charge is -2.20. The Bertz CT molecular complexity index is 1380. The van der Waals surface area contributed by atoms with Crippen LogP contribution in [-0.2, 0) is 0 Å². The number of carboxylic acid groups (broad SMARTS) is 1. The maximum Gasteiger partial charge on any atom is 0.404 e. The molecule has 2 aromatic heterocycles. The maximum atomic E-state index is 14.8. The molecule has 0 spiro atoms. The highest BCUT2D eigenvalue weighted by molar-refractivity contribution is 6.30. The van der Waals surface area contributed by atoms with E-state index in [0.29, 0.717) is 46.5 Å². The van der Waals surface area contributed by atoms with Crippen molar-refractivity contribution in [3.05, 3.63) is 65.7 Å². The summed E-state index contributed by atoms with van der Waals surface area (Å²) >= 11 is 6.09. The Morgan fingerprint density at radius 3 is 2.52 bits per heavy atom. The summed E-state index contributed by atoms with van der Waals surface area (Å²) in [5.41, 5.74) is 2.22. The third-order valence-electron chi connectivity index (χ3n) is 6.41. The number of benzene rings is 2. The second-order valence-electron chi connectivity index (χ2n) is 8.30. The molecular weight excluding hydrogens is 447 g/mol. The number of rotatable bonds is 4. The van der Waals surface area contributed by atoms with Crippen LogP contribution in [0, 0.1) is 17.7 Å². The van der Waals surface area contributed by atoms with Crippen molar-refractivity contribution in [1.82, 2.24) is 24.8 Å². The van der Waals surface area contributed by atoms with Crippen LogP contribution in [0.1, 0.15) is 0 Å². The van der Waals surface area contributed by atoms with Gasteiger partial charge in [-0.2, -0.15) is 0 Å². The zero-order valence-electron chi connectivity index (χ0n) is 17.2. The van der Waals surface area contributed by atoms with E-state index >= 15 is 0 Å². The summed E-state index contributed by atoms with van der Waals surface area (Å²) in [6.07, 6.45) is 0.481. The molecule has 10 heteroatoms. The van der Waals surface area contributed by atoms with Gasteiger partial charge in [0.2, 0.25) is 0 Å². The molecule has 2 fully saturated rings. The number of hydrogen-bond acceptors (Lipinski definition) is 5. The second-order valence-corrected chi connectivity index (χ2v) is 8.74. The summed E-state index contributed by atoms with van der Waals surface area (Å²) < 4.78 is 16.6. The molecule has 2 aliphatic rings. The summed E-state index contributed by atoms with van der Waals surface area (Å²) in [6.45, 7) is 1.34. The Balaban J connectivity index is 1.47. The highest BCUT2D eigenvalue weighted by atomic mass is 35.5. The van der Waals surface area contributed by atoms with Crippen molar-refractivity contribution in [2.24, 2.45) is 11.8 Å². The third kappa shape index (κ3) is 3.27. The molecule has 3 atom stereocenters. The number of fused-ring (bicyclic) bond motifs is 2. The smallest absolute Gasteiger partial charge is 0.404 e. The van der Waals surface area contributed by atoms with Gasteiger partial charge in [-0.3, -0.25) is 4.57 Å². The minimum atomic E-state index is -0.999. The van der Waals surface area contributed by atoms with Gasteiger partial charge >= 0.3 is 6.09 Å². The van der Waals surface area contributed by atoms with E-state index < -0.39 is 6.09 Å². The van der Waals surface area contributed by atoms with Gasteiger partial charge in [-0.25, -0.2) is 24.1 Å². The summed E-state index contributed by atoms with van der Waals surface area (Å²) in [7, 11) is 0. The molecule has 33 heavy (non-hydrogen) atoms. The van der Waals surface area contributed by atoms with Crippen LogP contribution in [-0.4, -0.2) is 49.9 Å². The van der Waals surface area contributed by atoms with Crippen molar-refractivity contribution in [1.29, 1.82) is 0 Å². The van der Waals surface area contributed by atoms with Gasteiger partial charge in [0.1, 0.15) is 18.0 Å². The summed E-state index contributed by atoms with van der Waals surface area (Å²) in [4.78, 5) is 26.9. The highest BCUT2D eigenvalue weighted by Crippen LogP contribution is 2.47. The predicted molar refractivity (Wildman–Crippen MR) is 121 cm³/mol. The Kier molecular flexibility index (Phi) is 4.48. The van der Waals surface area contributed by atoms with E-state index in [2.05, 4.69) is 20.2 Å². The first-order valence-corrected chi connectivity index (χ1v) is 10.9. The zero-order chi connectivity index (χ0) is 22.7. The predicted octanol–water partition coefficient (Wildman–Crippen LogP) is 3.98. The largest absolute Gasteiger partial charge is 0.465 e. The first kappa shape index (κ1) is 19.9. The molecule has 0 radical (unpaired) electrons. The minimum absolute atomic E-state index is 0.0170. The Hall–Kier alpha value is -3.72. The Morgan fingerprint density at radius 1 is 1.09 bits per heavy atom. The normalized spacial score (nSPS) is 21.3. The molecule has 1 aliphatic carbocycles. The van der Waals surface area contributed by atoms with Gasteiger partial charge in [-0.05, 0) is 36.4 Å². The van der Waals surface area contributed by atoms with Crippen LogP contribution in [0.4, 0.5) is 15.0 Å². The van der Waals surface area contributed by atoms with Crippen molar-refractivity contribution < 1.29 is 14.3 Å². The number of aromatic nitrogens is 4. The fourth-order valence-electron chi connectivity index (χ4n) is 4.83. The maximum absolute atomic E-state index is 14.8. The number of halogens is 2. The molecule has 1 amide bonds. The standard InChI is InChI=1S/C23H18ClFN6O2/c24-12-5-7-13(8-6-12)31-20(14-3-1-2-4-17(14)25)28-19-21(26-11-27-22(19)31)30-9-15-16(10-30)18(15)29-23(32)33/h1-8,11,15-16,18,29H,9-10H2,(H,32,33)/t15-,16+,18+. The fourth-order valence-corrected chi connectivity index (χ4v) is 4.95. The van der Waals surface area contributed by atoms with E-state index in [1.165, 1.54) is 12.4 Å². The van der Waals surface area contributed by atoms with Crippen molar-refractivity contribution in [3.8, 4) is 17.1 Å². The minimum Gasteiger partial charge on any atom is -0.465 e. The van der Waals surface area contributed by atoms with Gasteiger partial charge in [0.15, 0.2) is 17.0 Å². The molecule has 166 valence electrons. The quantitative estimate of drug-likeness (QED) is 0.474. The van der Waals surface area contributed by atoms with E-state index in [9.17, 15) is 9.18 Å². The average Bonchev–Trinajstić information content (AvgIpc) is 3.15. The van der Waals surface area contributed by atoms with E-state index in [1.54, 1.807) is 34.9 Å². The number of carbonyl (C=O) groups is 1. The molecule has 0 unspecified atom stereocenters. The van der Waals surface area contributed by atoms with E-state index in [4.69, 9.17) is 21.7 Å². The van der Waals surface area contributed by atoms with Gasteiger partial charge in [0.05, 0.1) is 5.56 Å². The number of amides is 1. The molecular formula is C23H18ClFN6O2. The first-order chi connectivity index (χ1) is 16.0. The van der Waals surface area contributed by atoms with Crippen LogP contribution < -0.4 is 10.2 Å². The van der Waals surface area contributed by atoms with Crippen molar-refractivity contribution >= 4 is 34.7 Å². The van der Waals surface area contributed by atoms with Crippen LogP contribution in [0.15, 0.2) is 54.9 Å². The Labute approximate surface area is 192 Å². The van der Waals surface area contributed by atoms with E-state index in [-0.39, 0.29) is 23.7 Å². The number of piperidine rings is 1. The second kappa shape index (κ2) is 7.41. The first-order valence-electron chi connectivity index (χ1n) is 10.5. The van der Waals surface area contributed by atoms with Gasteiger partial charge in [-0.1, -0.05) is 23.7 Å². The van der Waals surface area contributed by atoms with Crippen LogP contribution in [0.25, 0.3) is 28.2 Å². The molecule has 3 heterocycles. The van der Waals surface area contributed by atoms with Crippen LogP contribution in [0.3, 0.4) is 0 Å². The Morgan fingerprint density at radius 2 is 1.82 bits per heavy atom. The van der Waals surface area contributed by atoms with Gasteiger partial charge < -0.3 is 15.3 Å². The summed E-state index contributed by atoms with van der Waals surface area (Å²) in [5.74, 6) is 1.18. The average molecular weight is 465 g/mol. The van der Waals surface area contributed by atoms with Gasteiger partial charge in [0, 0.05) is 41.7 Å². The zero-order valence-corrected chi connectivity index (χ0v) is 17.9. The van der Waals surface area contributed by atoms with Crippen LogP contribution >= 0.6 is 11.6 Å². The van der Waals surface area contributed by atoms with Crippen LogP contribution in [0.5, 0.6) is 0 Å². The number of nitrogens with zero attached hydrogens (tertiary/aromatic N) is 5. The lowest BCUT2D eigenvalue weighted by atomic mass is 10.2. The molecule has 2 N–H and O–H groups in total. The number of hydrogen-bond donors (Lipinski definition) is 2. The highest BCUT2D eigenvalue weighted by Gasteiger charge is 2.57. The molecule has 1 aliphatic heterocycles. The molecule has 0 bridgehead atoms. The summed E-state index contributed by atoms with van der Waals surface area (Å²) in [6, 6.07) is 13.7. The fraction of sp³-hybridized carbons (Fsp3) is 0.217. The van der Waals surface area contributed by atoms with Gasteiger partial charge in [0.25, 0.3) is 0 Å². The number of nitrogens with one attached hydrogen (secondary N) is 1. The van der Waals surface area contributed by atoms with Crippen LogP contribution in [0.2, 0.25) is 5.02 Å².